The number of nitrogens with one attached hydrogen (secondary N) is 1. The maximum absolute atomic E-state index is 12.8. The summed E-state index contributed by atoms with van der Waals surface area (Å²) in [7, 11) is 0. The summed E-state index contributed by atoms with van der Waals surface area (Å²) < 4.78 is 48.2. The Kier molecular flexibility index (Phi) is 6.78. The highest BCUT2D eigenvalue weighted by Crippen LogP contribution is 2.31. The lowest BCUT2D eigenvalue weighted by Gasteiger charge is -2.13. The molecule has 0 spiro atoms. The van der Waals surface area contributed by atoms with Gasteiger partial charge in [0.2, 0.25) is 0 Å². The Bertz CT molecular complexity index is 808. The number of aliphatic carboxylic acids is 1. The van der Waals surface area contributed by atoms with Gasteiger partial charge in [0, 0.05) is 5.69 Å². The van der Waals surface area contributed by atoms with Gasteiger partial charge in [-0.25, -0.2) is 9.59 Å². The van der Waals surface area contributed by atoms with Crippen molar-refractivity contribution >= 4 is 23.3 Å². The fourth-order valence-electron chi connectivity index (χ4n) is 2.13. The van der Waals surface area contributed by atoms with E-state index < -0.39 is 30.3 Å². The minimum atomic E-state index is -4.48. The van der Waals surface area contributed by atoms with Crippen molar-refractivity contribution in [2.45, 2.75) is 6.18 Å². The van der Waals surface area contributed by atoms with Crippen molar-refractivity contribution in [1.29, 1.82) is 0 Å². The number of carbonyl (C=O) groups excluding carboxylic acids is 1. The van der Waals surface area contributed by atoms with Crippen molar-refractivity contribution in [3.63, 3.8) is 0 Å². The van der Waals surface area contributed by atoms with Crippen LogP contribution in [-0.2, 0) is 20.4 Å². The van der Waals surface area contributed by atoms with Crippen LogP contribution in [0.5, 0.6) is 0 Å². The van der Waals surface area contributed by atoms with E-state index in [4.69, 9.17) is 14.6 Å². The Morgan fingerprint density at radius 2 is 1.78 bits per heavy atom. The molecule has 6 nitrogen and oxygen atoms in total. The molecule has 0 aliphatic heterocycles. The number of carboxylic acid groups (broad SMARTS) is 1. The smallest absolute Gasteiger partial charge is 0.416 e. The van der Waals surface area contributed by atoms with Crippen molar-refractivity contribution < 1.29 is 37.3 Å². The predicted octanol–water partition coefficient (Wildman–Crippen LogP) is 3.71. The Labute approximate surface area is 152 Å². The van der Waals surface area contributed by atoms with Gasteiger partial charge in [0.1, 0.15) is 13.2 Å². The van der Waals surface area contributed by atoms with Crippen LogP contribution in [0.25, 0.3) is 0 Å². The molecule has 2 rings (SSSR count). The number of rotatable bonds is 8. The van der Waals surface area contributed by atoms with Crippen LogP contribution in [0.2, 0.25) is 0 Å². The molecule has 0 aromatic heterocycles. The molecule has 0 amide bonds. The Morgan fingerprint density at radius 3 is 2.48 bits per heavy atom. The van der Waals surface area contributed by atoms with E-state index in [-0.39, 0.29) is 30.2 Å². The number of halogens is 3. The number of anilines is 2. The van der Waals surface area contributed by atoms with Gasteiger partial charge in [0.15, 0.2) is 0 Å². The average molecular weight is 383 g/mol. The largest absolute Gasteiger partial charge is 0.480 e. The van der Waals surface area contributed by atoms with Crippen LogP contribution >= 0.6 is 0 Å². The molecule has 0 fully saturated rings. The van der Waals surface area contributed by atoms with Crippen molar-refractivity contribution in [3.8, 4) is 0 Å². The summed E-state index contributed by atoms with van der Waals surface area (Å²) in [5, 5.41) is 11.2. The third-order valence-corrected chi connectivity index (χ3v) is 3.30. The molecular formula is C18H16F3NO5. The lowest BCUT2D eigenvalue weighted by atomic mass is 10.1. The zero-order valence-electron chi connectivity index (χ0n) is 14.0. The number of carbonyl (C=O) groups is 2. The molecule has 0 atom stereocenters. The second-order valence-electron chi connectivity index (χ2n) is 5.33. The maximum atomic E-state index is 12.8. The summed E-state index contributed by atoms with van der Waals surface area (Å²) in [6, 6.07) is 10.7. The molecule has 0 bridgehead atoms. The zero-order valence-corrected chi connectivity index (χ0v) is 14.0. The molecule has 0 saturated heterocycles. The average Bonchev–Trinajstić information content (AvgIpc) is 2.61. The van der Waals surface area contributed by atoms with Crippen LogP contribution in [-0.4, -0.2) is 36.9 Å². The second-order valence-corrected chi connectivity index (χ2v) is 5.33. The number of hydrogen-bond donors (Lipinski definition) is 2. The van der Waals surface area contributed by atoms with Gasteiger partial charge < -0.3 is 19.9 Å². The first-order valence-corrected chi connectivity index (χ1v) is 7.77. The van der Waals surface area contributed by atoms with Crippen molar-refractivity contribution in [2.24, 2.45) is 0 Å². The van der Waals surface area contributed by atoms with Gasteiger partial charge >= 0.3 is 18.1 Å². The van der Waals surface area contributed by atoms with Crippen LogP contribution in [0.3, 0.4) is 0 Å². The van der Waals surface area contributed by atoms with Gasteiger partial charge in [-0.2, -0.15) is 13.2 Å². The topological polar surface area (TPSA) is 84.9 Å². The lowest BCUT2D eigenvalue weighted by molar-refractivity contribution is -0.142. The standard InChI is InChI=1S/C18H16F3NO5/c19-18(20,21)12-4-3-5-13(10-12)22-15-7-2-1-6-14(15)17(25)27-9-8-26-11-16(23)24/h1-7,10,22H,8-9,11H2,(H,23,24). The molecule has 0 saturated carbocycles. The quantitative estimate of drug-likeness (QED) is 0.534. The van der Waals surface area contributed by atoms with Crippen molar-refractivity contribution in [3.05, 3.63) is 59.7 Å². The number of alkyl halides is 3. The third-order valence-electron chi connectivity index (χ3n) is 3.30. The van der Waals surface area contributed by atoms with E-state index in [0.29, 0.717) is 0 Å². The highest BCUT2D eigenvalue weighted by Gasteiger charge is 2.30. The minimum absolute atomic E-state index is 0.0960. The van der Waals surface area contributed by atoms with E-state index in [1.54, 1.807) is 12.1 Å². The molecule has 0 aliphatic carbocycles. The summed E-state index contributed by atoms with van der Waals surface area (Å²) in [4.78, 5) is 22.5. The molecular weight excluding hydrogens is 367 g/mol. The Balaban J connectivity index is 2.05. The molecule has 0 unspecified atom stereocenters. The summed E-state index contributed by atoms with van der Waals surface area (Å²) in [6.45, 7) is -0.767. The number of ether oxygens (including phenoxy) is 2. The first kappa shape index (κ1) is 20.2. The van der Waals surface area contributed by atoms with Gasteiger partial charge in [-0.3, -0.25) is 0 Å². The number of para-hydroxylation sites is 1. The minimum Gasteiger partial charge on any atom is -0.480 e. The predicted molar refractivity (Wildman–Crippen MR) is 89.9 cm³/mol. The van der Waals surface area contributed by atoms with E-state index in [0.717, 1.165) is 12.1 Å². The third kappa shape index (κ3) is 6.30. The van der Waals surface area contributed by atoms with Crippen LogP contribution in [0.1, 0.15) is 15.9 Å². The first-order chi connectivity index (χ1) is 12.8. The Morgan fingerprint density at radius 1 is 1.04 bits per heavy atom. The number of carboxylic acids is 1. The summed E-state index contributed by atoms with van der Waals surface area (Å²) in [5.74, 6) is -1.86. The monoisotopic (exact) mass is 383 g/mol. The fraction of sp³-hybridized carbons (Fsp3) is 0.222. The highest BCUT2D eigenvalue weighted by molar-refractivity contribution is 5.96. The van der Waals surface area contributed by atoms with Gasteiger partial charge in [-0.1, -0.05) is 18.2 Å². The first-order valence-electron chi connectivity index (χ1n) is 7.77. The van der Waals surface area contributed by atoms with E-state index >= 15 is 0 Å². The molecule has 2 aromatic rings. The molecule has 9 heteroatoms. The van der Waals surface area contributed by atoms with E-state index in [1.807, 2.05) is 0 Å². The van der Waals surface area contributed by atoms with Crippen LogP contribution in [0, 0.1) is 0 Å². The zero-order chi connectivity index (χ0) is 19.9. The molecule has 2 N–H and O–H groups in total. The van der Waals surface area contributed by atoms with E-state index in [1.165, 1.54) is 24.3 Å². The molecule has 2 aromatic carbocycles. The highest BCUT2D eigenvalue weighted by atomic mass is 19.4. The summed E-state index contributed by atoms with van der Waals surface area (Å²) in [5.41, 5.74) is -0.264. The summed E-state index contributed by atoms with van der Waals surface area (Å²) >= 11 is 0. The fourth-order valence-corrected chi connectivity index (χ4v) is 2.13. The lowest BCUT2D eigenvalue weighted by Crippen LogP contribution is -2.15. The van der Waals surface area contributed by atoms with Gasteiger partial charge in [-0.15, -0.1) is 0 Å². The van der Waals surface area contributed by atoms with Gasteiger partial charge in [0.25, 0.3) is 0 Å². The molecule has 0 radical (unpaired) electrons. The number of esters is 1. The van der Waals surface area contributed by atoms with E-state index in [9.17, 15) is 22.8 Å². The van der Waals surface area contributed by atoms with Crippen LogP contribution < -0.4 is 5.32 Å². The van der Waals surface area contributed by atoms with Gasteiger partial charge in [0.05, 0.1) is 23.4 Å². The summed E-state index contributed by atoms with van der Waals surface area (Å²) in [6.07, 6.45) is -4.48. The molecule has 0 heterocycles. The van der Waals surface area contributed by atoms with Crippen LogP contribution in [0.4, 0.5) is 24.5 Å². The van der Waals surface area contributed by atoms with Crippen molar-refractivity contribution in [1.82, 2.24) is 0 Å². The Hall–Kier alpha value is -3.07. The normalized spacial score (nSPS) is 11.1. The maximum Gasteiger partial charge on any atom is 0.416 e. The van der Waals surface area contributed by atoms with Gasteiger partial charge in [-0.05, 0) is 30.3 Å². The molecule has 0 aliphatic rings. The number of benzene rings is 2. The number of hydrogen-bond acceptors (Lipinski definition) is 5. The van der Waals surface area contributed by atoms with Crippen LogP contribution in [0.15, 0.2) is 48.5 Å². The van der Waals surface area contributed by atoms with Crippen molar-refractivity contribution in [2.75, 3.05) is 25.1 Å². The van der Waals surface area contributed by atoms with E-state index in [2.05, 4.69) is 5.32 Å². The molecule has 27 heavy (non-hydrogen) atoms. The second kappa shape index (κ2) is 9.04. The molecule has 144 valence electrons. The SMILES string of the molecule is O=C(O)COCCOC(=O)c1ccccc1Nc1cccc(C(F)(F)F)c1.